The lowest BCUT2D eigenvalue weighted by Crippen LogP contribution is -2.45. The highest BCUT2D eigenvalue weighted by molar-refractivity contribution is 4.85. The van der Waals surface area contributed by atoms with Crippen LogP contribution < -0.4 is 5.32 Å². The van der Waals surface area contributed by atoms with E-state index in [9.17, 15) is 0 Å². The summed E-state index contributed by atoms with van der Waals surface area (Å²) >= 11 is 0. The highest BCUT2D eigenvalue weighted by Crippen LogP contribution is 2.32. The molecule has 0 aromatic heterocycles. The molecular weight excluding hydrogens is 158 g/mol. The molecule has 13 heavy (non-hydrogen) atoms. The van der Waals surface area contributed by atoms with Gasteiger partial charge in [-0.25, -0.2) is 0 Å². The van der Waals surface area contributed by atoms with E-state index in [4.69, 9.17) is 0 Å². The van der Waals surface area contributed by atoms with Crippen molar-refractivity contribution in [2.45, 2.75) is 57.9 Å². The lowest BCUT2D eigenvalue weighted by molar-refractivity contribution is 0.182. The fourth-order valence-electron chi connectivity index (χ4n) is 3.20. The van der Waals surface area contributed by atoms with Gasteiger partial charge in [-0.05, 0) is 44.1 Å². The lowest BCUT2D eigenvalue weighted by Gasteiger charge is -2.38. The van der Waals surface area contributed by atoms with Crippen molar-refractivity contribution >= 4 is 0 Å². The first kappa shape index (κ1) is 9.51. The Labute approximate surface area is 82.3 Å². The molecule has 0 radical (unpaired) electrons. The van der Waals surface area contributed by atoms with Gasteiger partial charge in [0, 0.05) is 6.04 Å². The van der Waals surface area contributed by atoms with Crippen LogP contribution in [-0.4, -0.2) is 12.6 Å². The maximum Gasteiger partial charge on any atom is 0.0121 e. The van der Waals surface area contributed by atoms with E-state index in [2.05, 4.69) is 12.2 Å². The van der Waals surface area contributed by atoms with Gasteiger partial charge in [-0.1, -0.05) is 26.2 Å². The van der Waals surface area contributed by atoms with Crippen LogP contribution in [0.5, 0.6) is 0 Å². The first-order valence-corrected chi connectivity index (χ1v) is 6.11. The number of rotatable bonds is 1. The van der Waals surface area contributed by atoms with Crippen molar-refractivity contribution in [3.63, 3.8) is 0 Å². The van der Waals surface area contributed by atoms with Crippen molar-refractivity contribution in [2.75, 3.05) is 6.54 Å². The van der Waals surface area contributed by atoms with Crippen LogP contribution in [0.2, 0.25) is 0 Å². The van der Waals surface area contributed by atoms with E-state index in [-0.39, 0.29) is 0 Å². The molecule has 1 N–H and O–H groups in total. The number of hydrogen-bond acceptors (Lipinski definition) is 1. The molecule has 1 aliphatic heterocycles. The molecule has 1 nitrogen and oxygen atoms in total. The van der Waals surface area contributed by atoms with Gasteiger partial charge in [0.25, 0.3) is 0 Å². The van der Waals surface area contributed by atoms with Gasteiger partial charge in [0.1, 0.15) is 0 Å². The maximum absolute atomic E-state index is 3.74. The largest absolute Gasteiger partial charge is 0.313 e. The SMILES string of the molecule is CC1CCCNC1C1CCCCC1. The Bertz CT molecular complexity index is 149. The standard InChI is InChI=1S/C12H23N/c1-10-6-5-9-13-12(10)11-7-3-2-4-8-11/h10-13H,2-9H2,1H3. The fraction of sp³-hybridized carbons (Fsp3) is 1.00. The molecule has 2 aliphatic rings. The molecular formula is C12H23N. The van der Waals surface area contributed by atoms with Gasteiger partial charge < -0.3 is 5.32 Å². The summed E-state index contributed by atoms with van der Waals surface area (Å²) in [6.45, 7) is 3.71. The summed E-state index contributed by atoms with van der Waals surface area (Å²) in [5.74, 6) is 1.93. The molecule has 2 rings (SSSR count). The quantitative estimate of drug-likeness (QED) is 0.656. The Hall–Kier alpha value is -0.0400. The average molecular weight is 181 g/mol. The normalized spacial score (nSPS) is 37.6. The Morgan fingerprint density at radius 1 is 0.923 bits per heavy atom. The molecule has 1 heterocycles. The highest BCUT2D eigenvalue weighted by Gasteiger charge is 2.29. The summed E-state index contributed by atoms with van der Waals surface area (Å²) in [5, 5.41) is 3.74. The number of hydrogen-bond donors (Lipinski definition) is 1. The van der Waals surface area contributed by atoms with E-state index in [0.717, 1.165) is 17.9 Å². The molecule has 0 spiro atoms. The summed E-state index contributed by atoms with van der Waals surface area (Å²) in [6, 6.07) is 0.856. The average Bonchev–Trinajstić information content (AvgIpc) is 2.20. The van der Waals surface area contributed by atoms with Gasteiger partial charge in [0.2, 0.25) is 0 Å². The molecule has 1 aliphatic carbocycles. The third kappa shape index (κ3) is 2.25. The van der Waals surface area contributed by atoms with Crippen molar-refractivity contribution in [1.29, 1.82) is 0 Å². The Kier molecular flexibility index (Phi) is 3.26. The first-order valence-electron chi connectivity index (χ1n) is 6.11. The molecule has 0 bridgehead atoms. The van der Waals surface area contributed by atoms with Gasteiger partial charge in [-0.2, -0.15) is 0 Å². The lowest BCUT2D eigenvalue weighted by atomic mass is 9.76. The third-order valence-corrected chi connectivity index (χ3v) is 3.99. The molecule has 0 aromatic carbocycles. The minimum Gasteiger partial charge on any atom is -0.313 e. The molecule has 2 unspecified atom stereocenters. The minimum absolute atomic E-state index is 0.856. The molecule has 2 atom stereocenters. The zero-order valence-corrected chi connectivity index (χ0v) is 8.89. The van der Waals surface area contributed by atoms with Crippen LogP contribution >= 0.6 is 0 Å². The smallest absolute Gasteiger partial charge is 0.0121 e. The first-order chi connectivity index (χ1) is 6.38. The van der Waals surface area contributed by atoms with Crippen molar-refractivity contribution in [3.8, 4) is 0 Å². The Morgan fingerprint density at radius 3 is 2.38 bits per heavy atom. The number of nitrogens with one attached hydrogen (secondary N) is 1. The van der Waals surface area contributed by atoms with Gasteiger partial charge in [0.05, 0.1) is 0 Å². The molecule has 0 aromatic rings. The summed E-state index contributed by atoms with van der Waals surface area (Å²) in [4.78, 5) is 0. The minimum atomic E-state index is 0.856. The predicted molar refractivity (Wildman–Crippen MR) is 56.8 cm³/mol. The Morgan fingerprint density at radius 2 is 1.69 bits per heavy atom. The fourth-order valence-corrected chi connectivity index (χ4v) is 3.20. The summed E-state index contributed by atoms with van der Waals surface area (Å²) < 4.78 is 0. The molecule has 1 heteroatoms. The molecule has 76 valence electrons. The van der Waals surface area contributed by atoms with Gasteiger partial charge in [-0.15, -0.1) is 0 Å². The van der Waals surface area contributed by atoms with Crippen molar-refractivity contribution in [3.05, 3.63) is 0 Å². The van der Waals surface area contributed by atoms with Crippen molar-refractivity contribution < 1.29 is 0 Å². The highest BCUT2D eigenvalue weighted by atomic mass is 14.9. The van der Waals surface area contributed by atoms with Crippen LogP contribution in [0.25, 0.3) is 0 Å². The van der Waals surface area contributed by atoms with E-state index in [1.165, 1.54) is 51.5 Å². The third-order valence-electron chi connectivity index (χ3n) is 3.99. The topological polar surface area (TPSA) is 12.0 Å². The van der Waals surface area contributed by atoms with Crippen LogP contribution in [0.4, 0.5) is 0 Å². The Balaban J connectivity index is 1.88. The van der Waals surface area contributed by atoms with Crippen LogP contribution in [0, 0.1) is 11.8 Å². The van der Waals surface area contributed by atoms with Crippen LogP contribution in [-0.2, 0) is 0 Å². The summed E-state index contributed by atoms with van der Waals surface area (Å²) in [7, 11) is 0. The van der Waals surface area contributed by atoms with Crippen LogP contribution in [0.3, 0.4) is 0 Å². The van der Waals surface area contributed by atoms with E-state index >= 15 is 0 Å². The van der Waals surface area contributed by atoms with E-state index in [1.807, 2.05) is 0 Å². The summed E-state index contributed by atoms with van der Waals surface area (Å²) in [5.41, 5.74) is 0. The molecule has 1 saturated carbocycles. The van der Waals surface area contributed by atoms with Gasteiger partial charge in [0.15, 0.2) is 0 Å². The van der Waals surface area contributed by atoms with E-state index in [1.54, 1.807) is 0 Å². The predicted octanol–water partition coefficient (Wildman–Crippen LogP) is 2.95. The van der Waals surface area contributed by atoms with Crippen molar-refractivity contribution in [1.82, 2.24) is 5.32 Å². The number of piperidine rings is 1. The maximum atomic E-state index is 3.74. The van der Waals surface area contributed by atoms with Crippen LogP contribution in [0.1, 0.15) is 51.9 Å². The molecule has 1 saturated heterocycles. The van der Waals surface area contributed by atoms with E-state index in [0.29, 0.717) is 0 Å². The van der Waals surface area contributed by atoms with Crippen molar-refractivity contribution in [2.24, 2.45) is 11.8 Å². The van der Waals surface area contributed by atoms with Gasteiger partial charge in [-0.3, -0.25) is 0 Å². The van der Waals surface area contributed by atoms with Gasteiger partial charge >= 0.3 is 0 Å². The zero-order valence-electron chi connectivity index (χ0n) is 8.89. The molecule has 0 amide bonds. The molecule has 2 fully saturated rings. The van der Waals surface area contributed by atoms with Crippen LogP contribution in [0.15, 0.2) is 0 Å². The summed E-state index contributed by atoms with van der Waals surface area (Å²) in [6.07, 6.45) is 10.3. The second-order valence-electron chi connectivity index (χ2n) is 5.00. The second kappa shape index (κ2) is 4.45. The van der Waals surface area contributed by atoms with E-state index < -0.39 is 0 Å². The monoisotopic (exact) mass is 181 g/mol. The zero-order chi connectivity index (χ0) is 9.10. The second-order valence-corrected chi connectivity index (χ2v) is 5.00.